The van der Waals surface area contributed by atoms with E-state index < -0.39 is 0 Å². The maximum atomic E-state index is 5.38. The van der Waals surface area contributed by atoms with Gasteiger partial charge in [0, 0.05) is 12.6 Å². The molecule has 1 aromatic rings. The fraction of sp³-hybridized carbons (Fsp3) is 0.750. The quantitative estimate of drug-likeness (QED) is 0.686. The number of nitrogens with two attached hydrogens (primary N) is 1. The van der Waals surface area contributed by atoms with E-state index in [2.05, 4.69) is 15.1 Å². The van der Waals surface area contributed by atoms with Crippen molar-refractivity contribution in [2.75, 3.05) is 17.2 Å². The van der Waals surface area contributed by atoms with E-state index in [0.717, 1.165) is 12.5 Å². The summed E-state index contributed by atoms with van der Waals surface area (Å²) in [6.07, 6.45) is 3.89. The Morgan fingerprint density at radius 2 is 2.31 bits per heavy atom. The van der Waals surface area contributed by atoms with Gasteiger partial charge in [-0.2, -0.15) is 0 Å². The summed E-state index contributed by atoms with van der Waals surface area (Å²) >= 11 is 0. The Hall–Kier alpha value is -1.26. The fourth-order valence-corrected chi connectivity index (χ4v) is 2.50. The third-order valence-corrected chi connectivity index (χ3v) is 3.08. The summed E-state index contributed by atoms with van der Waals surface area (Å²) in [5.41, 5.74) is 5.38. The minimum atomic E-state index is 0.165. The van der Waals surface area contributed by atoms with Gasteiger partial charge in [-0.15, -0.1) is 0 Å². The molecule has 0 spiro atoms. The summed E-state index contributed by atoms with van der Waals surface area (Å²) < 4.78 is 5.20. The lowest BCUT2D eigenvalue weighted by Crippen LogP contribution is -2.32. The van der Waals surface area contributed by atoms with Gasteiger partial charge in [0.1, 0.15) is 0 Å². The highest BCUT2D eigenvalue weighted by molar-refractivity contribution is 5.33. The van der Waals surface area contributed by atoms with E-state index in [1.165, 1.54) is 19.3 Å². The number of fused-ring (bicyclic) bond motifs is 2. The first-order chi connectivity index (χ1) is 6.33. The van der Waals surface area contributed by atoms with E-state index in [1.54, 1.807) is 0 Å². The largest absolute Gasteiger partial charge is 0.390 e. The minimum absolute atomic E-state index is 0.165. The van der Waals surface area contributed by atoms with Crippen molar-refractivity contribution in [1.82, 2.24) is 10.2 Å². The van der Waals surface area contributed by atoms with Gasteiger partial charge < -0.3 is 15.1 Å². The molecule has 13 heavy (non-hydrogen) atoms. The average Bonchev–Trinajstić information content (AvgIpc) is 2.77. The van der Waals surface area contributed by atoms with Crippen molar-refractivity contribution in [2.24, 2.45) is 5.92 Å². The van der Waals surface area contributed by atoms with Gasteiger partial charge in [0.2, 0.25) is 0 Å². The zero-order valence-corrected chi connectivity index (χ0v) is 7.31. The first kappa shape index (κ1) is 7.17. The topological polar surface area (TPSA) is 68.2 Å². The van der Waals surface area contributed by atoms with Crippen LogP contribution in [0.3, 0.4) is 0 Å². The Kier molecular flexibility index (Phi) is 1.31. The lowest BCUT2D eigenvalue weighted by molar-refractivity contribution is 0.492. The number of rotatable bonds is 1. The number of hydrogen-bond donors (Lipinski definition) is 1. The zero-order valence-electron chi connectivity index (χ0n) is 7.31. The molecular weight excluding hydrogens is 168 g/mol. The number of aromatic nitrogens is 2. The molecule has 70 valence electrons. The normalized spacial score (nSPS) is 31.5. The van der Waals surface area contributed by atoms with Gasteiger partial charge in [-0.3, -0.25) is 0 Å². The number of anilines is 2. The SMILES string of the molecule is Nc1nnc(N2CC3CCC2C3)o1. The summed E-state index contributed by atoms with van der Waals surface area (Å²) in [5.74, 6) is 0.832. The molecule has 2 aliphatic rings. The van der Waals surface area contributed by atoms with Crippen LogP contribution in [-0.2, 0) is 0 Å². The highest BCUT2D eigenvalue weighted by Gasteiger charge is 2.39. The molecule has 0 amide bonds. The van der Waals surface area contributed by atoms with Crippen molar-refractivity contribution in [3.8, 4) is 0 Å². The monoisotopic (exact) mass is 180 g/mol. The van der Waals surface area contributed by atoms with Gasteiger partial charge >= 0.3 is 12.0 Å². The standard InChI is InChI=1S/C8H12N4O/c9-7-10-11-8(13-7)12-4-5-1-2-6(12)3-5/h5-6H,1-4H2,(H2,9,10). The molecule has 2 unspecified atom stereocenters. The van der Waals surface area contributed by atoms with Crippen LogP contribution in [0.2, 0.25) is 0 Å². The molecular formula is C8H12N4O. The fourth-order valence-electron chi connectivity index (χ4n) is 2.50. The van der Waals surface area contributed by atoms with Crippen LogP contribution in [0.1, 0.15) is 19.3 Å². The van der Waals surface area contributed by atoms with Crippen LogP contribution in [0.15, 0.2) is 4.42 Å². The van der Waals surface area contributed by atoms with Gasteiger partial charge in [0.15, 0.2) is 0 Å². The van der Waals surface area contributed by atoms with Crippen LogP contribution >= 0.6 is 0 Å². The molecule has 0 aromatic carbocycles. The lowest BCUT2D eigenvalue weighted by atomic mass is 10.1. The second-order valence-corrected chi connectivity index (χ2v) is 3.91. The van der Waals surface area contributed by atoms with E-state index in [9.17, 15) is 0 Å². The number of nitrogen functional groups attached to an aromatic ring is 1. The molecule has 2 fully saturated rings. The maximum absolute atomic E-state index is 5.38. The van der Waals surface area contributed by atoms with E-state index in [1.807, 2.05) is 0 Å². The van der Waals surface area contributed by atoms with Gasteiger partial charge in [0.25, 0.3) is 0 Å². The van der Waals surface area contributed by atoms with Crippen molar-refractivity contribution in [3.63, 3.8) is 0 Å². The lowest BCUT2D eigenvalue weighted by Gasteiger charge is -2.24. The predicted octanol–water partition coefficient (Wildman–Crippen LogP) is 0.640. The Morgan fingerprint density at radius 3 is 2.85 bits per heavy atom. The van der Waals surface area contributed by atoms with Crippen molar-refractivity contribution in [3.05, 3.63) is 0 Å². The maximum Gasteiger partial charge on any atom is 0.319 e. The number of nitrogens with zero attached hydrogens (tertiary/aromatic N) is 3. The molecule has 1 aliphatic heterocycles. The highest BCUT2D eigenvalue weighted by Crippen LogP contribution is 2.39. The molecule has 5 nitrogen and oxygen atoms in total. The minimum Gasteiger partial charge on any atom is -0.390 e. The Labute approximate surface area is 75.9 Å². The molecule has 2 bridgehead atoms. The Morgan fingerprint density at radius 1 is 1.38 bits per heavy atom. The van der Waals surface area contributed by atoms with Crippen molar-refractivity contribution >= 4 is 12.0 Å². The molecule has 5 heteroatoms. The van der Waals surface area contributed by atoms with Gasteiger partial charge in [-0.1, -0.05) is 10.2 Å². The van der Waals surface area contributed by atoms with Gasteiger partial charge in [-0.05, 0) is 25.2 Å². The Balaban J connectivity index is 1.87. The van der Waals surface area contributed by atoms with Gasteiger partial charge in [0.05, 0.1) is 0 Å². The zero-order chi connectivity index (χ0) is 8.84. The third-order valence-electron chi connectivity index (χ3n) is 3.08. The molecule has 1 saturated heterocycles. The molecule has 1 saturated carbocycles. The molecule has 0 radical (unpaired) electrons. The van der Waals surface area contributed by atoms with Crippen LogP contribution in [0, 0.1) is 5.92 Å². The molecule has 2 atom stereocenters. The summed E-state index contributed by atoms with van der Waals surface area (Å²) in [7, 11) is 0. The van der Waals surface area contributed by atoms with Crippen molar-refractivity contribution in [1.29, 1.82) is 0 Å². The van der Waals surface area contributed by atoms with E-state index in [-0.39, 0.29) is 6.01 Å². The third kappa shape index (κ3) is 0.993. The summed E-state index contributed by atoms with van der Waals surface area (Å²) in [5, 5.41) is 7.57. The molecule has 1 aromatic heterocycles. The van der Waals surface area contributed by atoms with E-state index in [4.69, 9.17) is 10.2 Å². The number of hydrogen-bond acceptors (Lipinski definition) is 5. The van der Waals surface area contributed by atoms with Crippen LogP contribution in [0.25, 0.3) is 0 Å². The summed E-state index contributed by atoms with van der Waals surface area (Å²) in [6, 6.07) is 1.38. The first-order valence-electron chi connectivity index (χ1n) is 4.68. The summed E-state index contributed by atoms with van der Waals surface area (Å²) in [6.45, 7) is 1.06. The van der Waals surface area contributed by atoms with Crippen LogP contribution < -0.4 is 10.6 Å². The predicted molar refractivity (Wildman–Crippen MR) is 47.2 cm³/mol. The molecule has 3 rings (SSSR count). The molecule has 2 heterocycles. The molecule has 2 N–H and O–H groups in total. The Bertz CT molecular complexity index is 324. The van der Waals surface area contributed by atoms with Crippen LogP contribution in [-0.4, -0.2) is 22.8 Å². The van der Waals surface area contributed by atoms with Crippen molar-refractivity contribution in [2.45, 2.75) is 25.3 Å². The van der Waals surface area contributed by atoms with Crippen molar-refractivity contribution < 1.29 is 4.42 Å². The smallest absolute Gasteiger partial charge is 0.319 e. The van der Waals surface area contributed by atoms with E-state index in [0.29, 0.717) is 12.1 Å². The summed E-state index contributed by atoms with van der Waals surface area (Å²) in [4.78, 5) is 2.19. The molecule has 1 aliphatic carbocycles. The second kappa shape index (κ2) is 2.37. The number of piperidine rings is 1. The van der Waals surface area contributed by atoms with Crippen LogP contribution in [0.4, 0.5) is 12.0 Å². The average molecular weight is 180 g/mol. The first-order valence-corrected chi connectivity index (χ1v) is 4.68. The second-order valence-electron chi connectivity index (χ2n) is 3.91. The van der Waals surface area contributed by atoms with E-state index >= 15 is 0 Å². The van der Waals surface area contributed by atoms with Gasteiger partial charge in [-0.25, -0.2) is 0 Å². The highest BCUT2D eigenvalue weighted by atomic mass is 16.4. The van der Waals surface area contributed by atoms with Crippen LogP contribution in [0.5, 0.6) is 0 Å².